The Morgan fingerprint density at radius 3 is 3.00 bits per heavy atom. The number of nitro groups is 1. The predicted octanol–water partition coefficient (Wildman–Crippen LogP) is 3.30. The molecule has 7 heteroatoms. The first-order valence-electron chi connectivity index (χ1n) is 4.59. The van der Waals surface area contributed by atoms with Gasteiger partial charge in [-0.1, -0.05) is 28.6 Å². The lowest BCUT2D eigenvalue weighted by molar-refractivity contribution is -0.384. The molecule has 0 saturated carbocycles. The molecule has 1 aromatic carbocycles. The van der Waals surface area contributed by atoms with E-state index >= 15 is 0 Å². The van der Waals surface area contributed by atoms with Gasteiger partial charge in [-0.2, -0.15) is 0 Å². The first-order valence-corrected chi connectivity index (χ1v) is 4.96. The van der Waals surface area contributed by atoms with Crippen molar-refractivity contribution in [1.82, 2.24) is 0 Å². The van der Waals surface area contributed by atoms with E-state index in [2.05, 4.69) is 21.9 Å². The van der Waals surface area contributed by atoms with Crippen molar-refractivity contribution in [2.24, 2.45) is 5.11 Å². The number of halogens is 1. The van der Waals surface area contributed by atoms with Gasteiger partial charge < -0.3 is 0 Å². The fourth-order valence-electron chi connectivity index (χ4n) is 1.03. The Morgan fingerprint density at radius 2 is 2.35 bits per heavy atom. The standard InChI is InChI=1S/C10H7ClN4O2/c11-10-5-4-9(15(16)17)7-8(10)3-1-2-6-13-14-12/h4-5,7H,2,6H2. The van der Waals surface area contributed by atoms with Crippen LogP contribution in [0.4, 0.5) is 5.69 Å². The molecule has 17 heavy (non-hydrogen) atoms. The third-order valence-corrected chi connectivity index (χ3v) is 2.11. The fourth-order valence-corrected chi connectivity index (χ4v) is 1.20. The van der Waals surface area contributed by atoms with Gasteiger partial charge in [-0.25, -0.2) is 0 Å². The van der Waals surface area contributed by atoms with E-state index in [9.17, 15) is 10.1 Å². The zero-order valence-corrected chi connectivity index (χ0v) is 9.39. The number of rotatable bonds is 3. The Morgan fingerprint density at radius 1 is 1.59 bits per heavy atom. The second-order valence-electron chi connectivity index (χ2n) is 2.93. The highest BCUT2D eigenvalue weighted by Gasteiger charge is 2.07. The van der Waals surface area contributed by atoms with Gasteiger partial charge in [-0.3, -0.25) is 10.1 Å². The zero-order valence-electron chi connectivity index (χ0n) is 8.63. The normalized spacial score (nSPS) is 8.76. The van der Waals surface area contributed by atoms with Crippen LogP contribution in [-0.2, 0) is 0 Å². The van der Waals surface area contributed by atoms with Gasteiger partial charge in [0.15, 0.2) is 0 Å². The molecule has 1 rings (SSSR count). The molecule has 0 amide bonds. The third-order valence-electron chi connectivity index (χ3n) is 1.78. The summed E-state index contributed by atoms with van der Waals surface area (Å²) in [5.74, 6) is 5.42. The minimum Gasteiger partial charge on any atom is -0.258 e. The molecular formula is C10H7ClN4O2. The van der Waals surface area contributed by atoms with Gasteiger partial charge in [-0.15, -0.1) is 0 Å². The molecule has 1 aromatic rings. The maximum absolute atomic E-state index is 10.5. The van der Waals surface area contributed by atoms with E-state index in [1.165, 1.54) is 18.2 Å². The maximum Gasteiger partial charge on any atom is 0.270 e. The van der Waals surface area contributed by atoms with E-state index in [4.69, 9.17) is 17.1 Å². The molecule has 0 atom stereocenters. The monoisotopic (exact) mass is 250 g/mol. The topological polar surface area (TPSA) is 91.9 Å². The van der Waals surface area contributed by atoms with E-state index in [1.807, 2.05) is 0 Å². The average Bonchev–Trinajstić information content (AvgIpc) is 2.30. The predicted molar refractivity (Wildman–Crippen MR) is 63.6 cm³/mol. The van der Waals surface area contributed by atoms with Gasteiger partial charge in [0.25, 0.3) is 5.69 Å². The molecule has 0 saturated heterocycles. The first-order chi connectivity index (χ1) is 8.15. The Labute approximate surface area is 102 Å². The number of benzene rings is 1. The van der Waals surface area contributed by atoms with Crippen LogP contribution in [0.5, 0.6) is 0 Å². The van der Waals surface area contributed by atoms with Crippen LogP contribution in [0, 0.1) is 22.0 Å². The van der Waals surface area contributed by atoms with Crippen molar-refractivity contribution in [3.8, 4) is 11.8 Å². The molecule has 0 N–H and O–H groups in total. The van der Waals surface area contributed by atoms with Crippen molar-refractivity contribution in [2.75, 3.05) is 6.54 Å². The van der Waals surface area contributed by atoms with Crippen LogP contribution in [0.3, 0.4) is 0 Å². The van der Waals surface area contributed by atoms with Crippen LogP contribution in [0.2, 0.25) is 5.02 Å². The van der Waals surface area contributed by atoms with Gasteiger partial charge in [-0.05, 0) is 11.6 Å². The molecule has 0 unspecified atom stereocenters. The maximum atomic E-state index is 10.5. The Balaban J connectivity index is 2.85. The van der Waals surface area contributed by atoms with Gasteiger partial charge in [0.2, 0.25) is 0 Å². The summed E-state index contributed by atoms with van der Waals surface area (Å²) in [7, 11) is 0. The molecular weight excluding hydrogens is 244 g/mol. The van der Waals surface area contributed by atoms with E-state index in [-0.39, 0.29) is 12.2 Å². The van der Waals surface area contributed by atoms with Crippen molar-refractivity contribution >= 4 is 17.3 Å². The lowest BCUT2D eigenvalue weighted by Gasteiger charge is -1.95. The van der Waals surface area contributed by atoms with Crippen LogP contribution in [0.25, 0.3) is 10.4 Å². The van der Waals surface area contributed by atoms with Crippen LogP contribution in [0.15, 0.2) is 23.3 Å². The summed E-state index contributed by atoms with van der Waals surface area (Å²) in [6.07, 6.45) is 0.378. The zero-order chi connectivity index (χ0) is 12.7. The minimum absolute atomic E-state index is 0.0613. The van der Waals surface area contributed by atoms with Gasteiger partial charge >= 0.3 is 0 Å². The number of non-ortho nitro benzene ring substituents is 1. The highest BCUT2D eigenvalue weighted by Crippen LogP contribution is 2.20. The van der Waals surface area contributed by atoms with Gasteiger partial charge in [0, 0.05) is 35.6 Å². The summed E-state index contributed by atoms with van der Waals surface area (Å²) in [6.45, 7) is 0.260. The smallest absolute Gasteiger partial charge is 0.258 e. The molecule has 0 bridgehead atoms. The van der Waals surface area contributed by atoms with Crippen LogP contribution in [0.1, 0.15) is 12.0 Å². The minimum atomic E-state index is -0.512. The summed E-state index contributed by atoms with van der Waals surface area (Å²) in [4.78, 5) is 12.6. The average molecular weight is 251 g/mol. The highest BCUT2D eigenvalue weighted by molar-refractivity contribution is 6.31. The Hall–Kier alpha value is -2.22. The van der Waals surface area contributed by atoms with E-state index in [0.29, 0.717) is 17.0 Å². The van der Waals surface area contributed by atoms with Crippen molar-refractivity contribution < 1.29 is 4.92 Å². The first kappa shape index (κ1) is 12.8. The van der Waals surface area contributed by atoms with Crippen molar-refractivity contribution in [2.45, 2.75) is 6.42 Å². The molecule has 0 radical (unpaired) electrons. The second-order valence-corrected chi connectivity index (χ2v) is 3.33. The Kier molecular flexibility index (Phi) is 4.82. The van der Waals surface area contributed by atoms with Crippen molar-refractivity contribution in [3.05, 3.63) is 49.3 Å². The fraction of sp³-hybridized carbons (Fsp3) is 0.200. The number of hydrogen-bond acceptors (Lipinski definition) is 3. The van der Waals surface area contributed by atoms with Crippen LogP contribution >= 0.6 is 11.6 Å². The summed E-state index contributed by atoms with van der Waals surface area (Å²) in [5.41, 5.74) is 8.37. The molecule has 0 aromatic heterocycles. The van der Waals surface area contributed by atoms with E-state index < -0.39 is 4.92 Å². The molecule has 0 fully saturated rings. The number of azide groups is 1. The van der Waals surface area contributed by atoms with Crippen molar-refractivity contribution in [1.29, 1.82) is 0 Å². The second kappa shape index (κ2) is 6.38. The summed E-state index contributed by atoms with van der Waals surface area (Å²) >= 11 is 5.83. The molecule has 0 spiro atoms. The molecule has 0 aliphatic heterocycles. The largest absolute Gasteiger partial charge is 0.270 e. The SMILES string of the molecule is [N-]=[N+]=NCCC#Cc1cc([N+](=O)[O-])ccc1Cl. The molecule has 86 valence electrons. The van der Waals surface area contributed by atoms with Crippen LogP contribution < -0.4 is 0 Å². The van der Waals surface area contributed by atoms with E-state index in [0.717, 1.165) is 0 Å². The summed E-state index contributed by atoms with van der Waals surface area (Å²) in [6, 6.07) is 4.05. The van der Waals surface area contributed by atoms with Crippen LogP contribution in [-0.4, -0.2) is 11.5 Å². The quantitative estimate of drug-likeness (QED) is 0.157. The molecule has 0 aliphatic carbocycles. The number of nitro benzene ring substituents is 1. The van der Waals surface area contributed by atoms with Gasteiger partial charge in [0.1, 0.15) is 0 Å². The van der Waals surface area contributed by atoms with Gasteiger partial charge in [0.05, 0.1) is 9.95 Å². The summed E-state index contributed by atoms with van der Waals surface area (Å²) < 4.78 is 0. The molecule has 0 aliphatic rings. The van der Waals surface area contributed by atoms with Crippen molar-refractivity contribution in [3.63, 3.8) is 0 Å². The molecule has 6 nitrogen and oxygen atoms in total. The lowest BCUT2D eigenvalue weighted by atomic mass is 10.2. The molecule has 0 heterocycles. The number of nitrogens with zero attached hydrogens (tertiary/aromatic N) is 4. The Bertz CT molecular complexity index is 541. The highest BCUT2D eigenvalue weighted by atomic mass is 35.5. The van der Waals surface area contributed by atoms with E-state index in [1.54, 1.807) is 0 Å². The third kappa shape index (κ3) is 4.03. The number of hydrogen-bond donors (Lipinski definition) is 0. The lowest BCUT2D eigenvalue weighted by Crippen LogP contribution is -1.89. The summed E-state index contributed by atoms with van der Waals surface area (Å²) in [5, 5.41) is 14.2.